The van der Waals surface area contributed by atoms with E-state index in [2.05, 4.69) is 8.71 Å². The predicted molar refractivity (Wildman–Crippen MR) is 69.8 cm³/mol. The Hall–Kier alpha value is 0.807. The molecule has 9 nitrogen and oxygen atoms in total. The standard InChI is InChI=1S/C8H20O9P2S.Li/c1-5-14-18(9,10)8(17-20(4,12)13)19(11,15-6-2)16-7-3;/h8H,5-7H2,1-4H3,(H,9,10);/q;+1/p-1. The minimum atomic E-state index is -4.94. The van der Waals surface area contributed by atoms with Crippen LogP contribution in [0.3, 0.4) is 0 Å². The summed E-state index contributed by atoms with van der Waals surface area (Å²) in [5, 5.41) is 0. The van der Waals surface area contributed by atoms with Crippen LogP contribution in [-0.2, 0) is 37.0 Å². The zero-order chi connectivity index (χ0) is 16.0. The third-order valence-electron chi connectivity index (χ3n) is 1.73. The molecule has 0 aliphatic heterocycles. The monoisotopic (exact) mass is 360 g/mol. The minimum absolute atomic E-state index is 0. The second kappa shape index (κ2) is 9.84. The molecule has 0 spiro atoms. The van der Waals surface area contributed by atoms with E-state index in [4.69, 9.17) is 9.05 Å². The van der Waals surface area contributed by atoms with Crippen LogP contribution in [0.2, 0.25) is 0 Å². The summed E-state index contributed by atoms with van der Waals surface area (Å²) >= 11 is 0. The van der Waals surface area contributed by atoms with Crippen LogP contribution >= 0.6 is 15.2 Å². The van der Waals surface area contributed by atoms with E-state index in [-0.39, 0.29) is 38.7 Å². The summed E-state index contributed by atoms with van der Waals surface area (Å²) in [5.74, 6) is 0. The van der Waals surface area contributed by atoms with Crippen molar-refractivity contribution >= 4 is 25.3 Å². The van der Waals surface area contributed by atoms with E-state index in [0.717, 1.165) is 0 Å². The van der Waals surface area contributed by atoms with Gasteiger partial charge < -0.3 is 23.0 Å². The van der Waals surface area contributed by atoms with Crippen molar-refractivity contribution in [1.82, 2.24) is 0 Å². The normalized spacial score (nSPS) is 16.8. The molecule has 0 aromatic heterocycles. The third kappa shape index (κ3) is 8.28. The van der Waals surface area contributed by atoms with Crippen LogP contribution in [0.4, 0.5) is 0 Å². The molecule has 0 rings (SSSR count). The van der Waals surface area contributed by atoms with Gasteiger partial charge in [-0.25, -0.2) is 4.18 Å². The maximum atomic E-state index is 12.4. The summed E-state index contributed by atoms with van der Waals surface area (Å²) in [6.07, 6.45) is 0.619. The Morgan fingerprint density at radius 1 is 1.00 bits per heavy atom. The Morgan fingerprint density at radius 3 is 1.67 bits per heavy atom. The molecule has 0 saturated heterocycles. The molecule has 0 bridgehead atoms. The van der Waals surface area contributed by atoms with E-state index >= 15 is 0 Å². The maximum Gasteiger partial charge on any atom is 1.00 e. The first-order chi connectivity index (χ1) is 9.02. The molecule has 0 radical (unpaired) electrons. The van der Waals surface area contributed by atoms with Gasteiger partial charge in [0.25, 0.3) is 10.1 Å². The molecule has 0 heterocycles. The van der Waals surface area contributed by atoms with Crippen LogP contribution < -0.4 is 23.8 Å². The van der Waals surface area contributed by atoms with Crippen molar-refractivity contribution in [1.29, 1.82) is 0 Å². The van der Waals surface area contributed by atoms with E-state index in [0.29, 0.717) is 6.26 Å². The molecule has 21 heavy (non-hydrogen) atoms. The molecule has 2 unspecified atom stereocenters. The van der Waals surface area contributed by atoms with Gasteiger partial charge in [-0.1, -0.05) is 0 Å². The minimum Gasteiger partial charge on any atom is -0.776 e. The summed E-state index contributed by atoms with van der Waals surface area (Å²) < 4.78 is 65.1. The van der Waals surface area contributed by atoms with Crippen molar-refractivity contribution in [2.75, 3.05) is 26.1 Å². The average Bonchev–Trinajstić information content (AvgIpc) is 2.25. The van der Waals surface area contributed by atoms with Crippen LogP contribution in [0.15, 0.2) is 0 Å². The first kappa shape index (κ1) is 24.1. The van der Waals surface area contributed by atoms with Crippen molar-refractivity contribution in [3.05, 3.63) is 0 Å². The fourth-order valence-electron chi connectivity index (χ4n) is 1.20. The number of rotatable bonds is 10. The van der Waals surface area contributed by atoms with E-state index in [9.17, 15) is 22.4 Å². The Balaban J connectivity index is 0. The van der Waals surface area contributed by atoms with Crippen molar-refractivity contribution in [2.45, 2.75) is 26.4 Å². The Morgan fingerprint density at radius 2 is 1.38 bits per heavy atom. The molecule has 122 valence electrons. The molecule has 13 heteroatoms. The summed E-state index contributed by atoms with van der Waals surface area (Å²) in [7, 11) is -13.6. The second-order valence-corrected chi connectivity index (χ2v) is 9.34. The molecule has 0 N–H and O–H groups in total. The van der Waals surface area contributed by atoms with Gasteiger partial charge in [-0.2, -0.15) is 8.42 Å². The zero-order valence-electron chi connectivity index (χ0n) is 12.7. The van der Waals surface area contributed by atoms with Gasteiger partial charge in [0, 0.05) is 0 Å². The summed E-state index contributed by atoms with van der Waals surface area (Å²) in [6, 6.07) is 0. The molecule has 0 fully saturated rings. The SMILES string of the molecule is CCOP(=O)([O-])C(OS(C)(=O)=O)P(=O)(OCC)OCC.[Li+]. The smallest absolute Gasteiger partial charge is 0.776 e. The number of hydrogen-bond donors (Lipinski definition) is 0. The quantitative estimate of drug-likeness (QED) is 0.249. The van der Waals surface area contributed by atoms with Gasteiger partial charge >= 0.3 is 26.5 Å². The van der Waals surface area contributed by atoms with Gasteiger partial charge in [0.1, 0.15) is 0 Å². The zero-order valence-corrected chi connectivity index (χ0v) is 15.3. The van der Waals surface area contributed by atoms with Gasteiger partial charge in [-0.05, 0) is 20.8 Å². The molecule has 0 aromatic rings. The van der Waals surface area contributed by atoms with Crippen LogP contribution in [0.1, 0.15) is 20.8 Å². The Bertz CT molecular complexity index is 484. The first-order valence-corrected chi connectivity index (χ1v) is 10.8. The van der Waals surface area contributed by atoms with Crippen molar-refractivity contribution < 1.29 is 59.1 Å². The van der Waals surface area contributed by atoms with E-state index in [1.807, 2.05) is 0 Å². The van der Waals surface area contributed by atoms with E-state index < -0.39 is 30.9 Å². The molecule has 0 saturated carbocycles. The predicted octanol–water partition coefficient (Wildman–Crippen LogP) is -1.89. The maximum absolute atomic E-state index is 12.4. The van der Waals surface area contributed by atoms with Crippen molar-refractivity contribution in [3.8, 4) is 0 Å². The Kier molecular flexibility index (Phi) is 11.3. The molecule has 0 aliphatic rings. The van der Waals surface area contributed by atoms with Gasteiger partial charge in [-0.3, -0.25) is 4.57 Å². The van der Waals surface area contributed by atoms with Crippen molar-refractivity contribution in [3.63, 3.8) is 0 Å². The molecule has 0 amide bonds. The fourth-order valence-corrected chi connectivity index (χ4v) is 6.82. The fraction of sp³-hybridized carbons (Fsp3) is 1.00. The first-order valence-electron chi connectivity index (χ1n) is 5.74. The summed E-state index contributed by atoms with van der Waals surface area (Å²) in [6.45, 7) is 3.66. The summed E-state index contributed by atoms with van der Waals surface area (Å²) in [5.41, 5.74) is -2.37. The van der Waals surface area contributed by atoms with Gasteiger partial charge in [0.2, 0.25) is 5.59 Å². The molecule has 0 aromatic carbocycles. The Labute approximate surface area is 137 Å². The van der Waals surface area contributed by atoms with Crippen LogP contribution in [0, 0.1) is 0 Å². The van der Waals surface area contributed by atoms with Crippen LogP contribution in [-0.4, -0.2) is 40.1 Å². The molecule has 0 aliphatic carbocycles. The van der Waals surface area contributed by atoms with Crippen LogP contribution in [0.5, 0.6) is 0 Å². The van der Waals surface area contributed by atoms with Crippen LogP contribution in [0.25, 0.3) is 0 Å². The van der Waals surface area contributed by atoms with Gasteiger partial charge in [0.15, 0.2) is 7.60 Å². The van der Waals surface area contributed by atoms with E-state index in [1.54, 1.807) is 0 Å². The van der Waals surface area contributed by atoms with Crippen molar-refractivity contribution in [2.24, 2.45) is 0 Å². The molecule has 2 atom stereocenters. The largest absolute Gasteiger partial charge is 1.00 e. The average molecular weight is 360 g/mol. The summed E-state index contributed by atoms with van der Waals surface area (Å²) in [4.78, 5) is 11.9. The third-order valence-corrected chi connectivity index (χ3v) is 7.40. The topological polar surface area (TPSA) is 128 Å². The van der Waals surface area contributed by atoms with Gasteiger partial charge in [-0.15, -0.1) is 0 Å². The molecular weight excluding hydrogens is 341 g/mol. The molecular formula is C8H19LiO9P2S. The van der Waals surface area contributed by atoms with E-state index in [1.165, 1.54) is 20.8 Å². The second-order valence-electron chi connectivity index (χ2n) is 3.46. The number of hydrogen-bond acceptors (Lipinski definition) is 9. The van der Waals surface area contributed by atoms with Gasteiger partial charge in [0.05, 0.1) is 26.1 Å².